The van der Waals surface area contributed by atoms with Crippen LogP contribution in [0.25, 0.3) is 5.57 Å². The Morgan fingerprint density at radius 3 is 2.69 bits per heavy atom. The number of carbonyl (C=O) groups excluding carboxylic acids is 2. The molecule has 3 N–H and O–H groups in total. The number of anilines is 1. The van der Waals surface area contributed by atoms with Crippen molar-refractivity contribution in [1.82, 2.24) is 15.6 Å². The Morgan fingerprint density at radius 2 is 2.03 bits per heavy atom. The number of hydrogen-bond donors (Lipinski definition) is 3. The predicted molar refractivity (Wildman–Crippen MR) is 135 cm³/mol. The van der Waals surface area contributed by atoms with Crippen LogP contribution in [0.3, 0.4) is 0 Å². The maximum absolute atomic E-state index is 14.3. The molecule has 1 aliphatic carbocycles. The van der Waals surface area contributed by atoms with Crippen LogP contribution in [0.2, 0.25) is 0 Å². The molecule has 1 aliphatic heterocycles. The molecule has 1 aromatic carbocycles. The van der Waals surface area contributed by atoms with Crippen LogP contribution < -0.4 is 15.5 Å². The first kappa shape index (κ1) is 24.6. The van der Waals surface area contributed by atoms with Crippen molar-refractivity contribution in [3.05, 3.63) is 64.4 Å². The van der Waals surface area contributed by atoms with Crippen LogP contribution in [0.1, 0.15) is 60.4 Å². The lowest BCUT2D eigenvalue weighted by Crippen LogP contribution is -2.34. The first-order chi connectivity index (χ1) is 16.7. The number of amides is 2. The van der Waals surface area contributed by atoms with E-state index in [1.165, 1.54) is 18.3 Å². The molecule has 35 heavy (non-hydrogen) atoms. The number of hydrogen-bond acceptors (Lipinski definition) is 5. The molecule has 7 nitrogen and oxygen atoms in total. The summed E-state index contributed by atoms with van der Waals surface area (Å²) in [5.41, 5.74) is 3.67. The second-order valence-electron chi connectivity index (χ2n) is 9.71. The van der Waals surface area contributed by atoms with Gasteiger partial charge in [0.15, 0.2) is 0 Å². The minimum Gasteiger partial charge on any atom is -0.391 e. The van der Waals surface area contributed by atoms with Gasteiger partial charge in [0, 0.05) is 49.0 Å². The van der Waals surface area contributed by atoms with Gasteiger partial charge in [-0.3, -0.25) is 9.59 Å². The van der Waals surface area contributed by atoms with Crippen LogP contribution >= 0.6 is 0 Å². The molecule has 8 heteroatoms. The van der Waals surface area contributed by atoms with Gasteiger partial charge in [-0.05, 0) is 80.5 Å². The summed E-state index contributed by atoms with van der Waals surface area (Å²) in [6.45, 7) is 6.40. The molecule has 184 valence electrons. The average molecular weight is 478 g/mol. The van der Waals surface area contributed by atoms with E-state index < -0.39 is 11.7 Å². The van der Waals surface area contributed by atoms with Gasteiger partial charge in [0.25, 0.3) is 5.91 Å². The summed E-state index contributed by atoms with van der Waals surface area (Å²) in [6.07, 6.45) is 4.20. The van der Waals surface area contributed by atoms with Gasteiger partial charge in [-0.2, -0.15) is 0 Å². The van der Waals surface area contributed by atoms with Crippen molar-refractivity contribution < 1.29 is 14.0 Å². The highest BCUT2D eigenvalue weighted by atomic mass is 19.1. The van der Waals surface area contributed by atoms with E-state index in [0.717, 1.165) is 25.0 Å². The number of aryl methyl sites for hydroxylation is 1. The topological polar surface area (TPSA) is 98.2 Å². The molecule has 2 amide bonds. The Bertz CT molecular complexity index is 1220. The monoisotopic (exact) mass is 477 g/mol. The molecule has 0 radical (unpaired) electrons. The number of pyridine rings is 1. The third kappa shape index (κ3) is 4.97. The zero-order valence-electron chi connectivity index (χ0n) is 20.7. The third-order valence-electron chi connectivity index (χ3n) is 7.19. The lowest BCUT2D eigenvalue weighted by molar-refractivity contribution is -0.125. The lowest BCUT2D eigenvalue weighted by Gasteiger charge is -2.23. The fourth-order valence-corrected chi connectivity index (χ4v) is 4.85. The van der Waals surface area contributed by atoms with Gasteiger partial charge < -0.3 is 20.9 Å². The number of rotatable bonds is 8. The summed E-state index contributed by atoms with van der Waals surface area (Å²) < 4.78 is 14.3. The van der Waals surface area contributed by atoms with Crippen molar-refractivity contribution in [3.63, 3.8) is 0 Å². The molecule has 0 spiro atoms. The average Bonchev–Trinajstić information content (AvgIpc) is 3.64. The number of benzene rings is 1. The van der Waals surface area contributed by atoms with E-state index >= 15 is 0 Å². The summed E-state index contributed by atoms with van der Waals surface area (Å²) >= 11 is 0. The van der Waals surface area contributed by atoms with Crippen molar-refractivity contribution in [1.29, 1.82) is 5.41 Å². The normalized spacial score (nSPS) is 20.5. The molecule has 2 fully saturated rings. The fourth-order valence-electron chi connectivity index (χ4n) is 4.85. The summed E-state index contributed by atoms with van der Waals surface area (Å²) in [4.78, 5) is 32.3. The predicted octanol–water partition coefficient (Wildman–Crippen LogP) is 4.21. The van der Waals surface area contributed by atoms with E-state index in [2.05, 4.69) is 22.5 Å². The highest BCUT2D eigenvalue weighted by molar-refractivity contribution is 6.09. The number of carbonyl (C=O) groups is 2. The molecule has 4 rings (SSSR count). The Morgan fingerprint density at radius 1 is 1.29 bits per heavy atom. The largest absolute Gasteiger partial charge is 0.391 e. The van der Waals surface area contributed by atoms with E-state index in [0.29, 0.717) is 40.5 Å². The Kier molecular flexibility index (Phi) is 6.74. The molecule has 0 unspecified atom stereocenters. The molecular weight excluding hydrogens is 445 g/mol. The zero-order chi connectivity index (χ0) is 25.3. The maximum Gasteiger partial charge on any atom is 0.270 e. The molecule has 2 heterocycles. The number of halogens is 1. The van der Waals surface area contributed by atoms with E-state index in [9.17, 15) is 14.0 Å². The Hall–Kier alpha value is -3.55. The number of allylic oxidation sites excluding steroid dienone is 2. The zero-order valence-corrected chi connectivity index (χ0v) is 20.7. The highest BCUT2D eigenvalue weighted by Gasteiger charge is 2.52. The van der Waals surface area contributed by atoms with Crippen LogP contribution in [0.5, 0.6) is 0 Å². The Labute approximate surface area is 205 Å². The molecule has 1 aromatic heterocycles. The SMILES string of the molecule is CN/C(C)=C(\C=N)c1cc(F)cc(CNC(=O)c2cc(N3CC[C@@](C)(C4CC4)C3=O)cc(C)n2)c1. The van der Waals surface area contributed by atoms with Crippen LogP contribution in [-0.2, 0) is 11.3 Å². The van der Waals surface area contributed by atoms with Gasteiger partial charge >= 0.3 is 0 Å². The van der Waals surface area contributed by atoms with Crippen LogP contribution in [0.4, 0.5) is 10.1 Å². The van der Waals surface area contributed by atoms with Crippen LogP contribution in [0, 0.1) is 29.5 Å². The summed E-state index contributed by atoms with van der Waals surface area (Å²) in [5.74, 6) is -0.262. The fraction of sp³-hybridized carbons (Fsp3) is 0.407. The van der Waals surface area contributed by atoms with Gasteiger partial charge in [-0.25, -0.2) is 9.37 Å². The molecule has 1 saturated heterocycles. The van der Waals surface area contributed by atoms with Crippen molar-refractivity contribution in [2.24, 2.45) is 11.3 Å². The Balaban J connectivity index is 1.51. The van der Waals surface area contributed by atoms with Crippen molar-refractivity contribution in [3.8, 4) is 0 Å². The maximum atomic E-state index is 14.3. The van der Waals surface area contributed by atoms with E-state index in [1.54, 1.807) is 31.0 Å². The minimum atomic E-state index is -0.447. The van der Waals surface area contributed by atoms with Crippen LogP contribution in [-0.4, -0.2) is 36.6 Å². The van der Waals surface area contributed by atoms with E-state index in [4.69, 9.17) is 5.41 Å². The number of aromatic nitrogens is 1. The van der Waals surface area contributed by atoms with Gasteiger partial charge in [0.1, 0.15) is 11.5 Å². The molecule has 0 bridgehead atoms. The third-order valence-corrected chi connectivity index (χ3v) is 7.19. The van der Waals surface area contributed by atoms with Crippen molar-refractivity contribution >= 4 is 29.3 Å². The number of nitrogens with zero attached hydrogens (tertiary/aromatic N) is 2. The minimum absolute atomic E-state index is 0.0980. The second kappa shape index (κ2) is 9.60. The van der Waals surface area contributed by atoms with E-state index in [1.807, 2.05) is 13.0 Å². The summed E-state index contributed by atoms with van der Waals surface area (Å²) in [6, 6.07) is 7.96. The van der Waals surface area contributed by atoms with Gasteiger partial charge in [0.2, 0.25) is 5.91 Å². The molecule has 1 atom stereocenters. The van der Waals surface area contributed by atoms with Crippen molar-refractivity contribution in [2.75, 3.05) is 18.5 Å². The second-order valence-corrected chi connectivity index (χ2v) is 9.71. The quantitative estimate of drug-likeness (QED) is 0.496. The lowest BCUT2D eigenvalue weighted by atomic mass is 9.83. The van der Waals surface area contributed by atoms with Gasteiger partial charge in [-0.15, -0.1) is 0 Å². The van der Waals surface area contributed by atoms with Gasteiger partial charge in [0.05, 0.1) is 5.41 Å². The first-order valence-corrected chi connectivity index (χ1v) is 11.9. The van der Waals surface area contributed by atoms with Crippen LogP contribution in [0.15, 0.2) is 36.0 Å². The molecular formula is C27H32FN5O2. The van der Waals surface area contributed by atoms with E-state index in [-0.39, 0.29) is 23.6 Å². The summed E-state index contributed by atoms with van der Waals surface area (Å²) in [5, 5.41) is 13.5. The molecule has 2 aromatic rings. The highest BCUT2D eigenvalue weighted by Crippen LogP contribution is 2.51. The van der Waals surface area contributed by atoms with Crippen molar-refractivity contribution in [2.45, 2.75) is 46.6 Å². The molecule has 2 aliphatic rings. The smallest absolute Gasteiger partial charge is 0.270 e. The number of nitrogens with one attached hydrogen (secondary N) is 3. The van der Waals surface area contributed by atoms with Gasteiger partial charge in [-0.1, -0.05) is 6.92 Å². The summed E-state index contributed by atoms with van der Waals surface area (Å²) in [7, 11) is 1.74. The standard InChI is InChI=1S/C27H32FN5O2/c1-16-9-22(33-8-7-27(3,26(33)35)20-5-6-20)13-24(32-16)25(34)31-15-18-10-19(12-21(28)11-18)23(14-29)17(2)30-4/h9-14,20,29-30H,5-8,15H2,1-4H3,(H,31,34)/b23-17+,29-14?/t27-/m0/s1. The molecule has 1 saturated carbocycles. The first-order valence-electron chi connectivity index (χ1n) is 11.9.